The standard InChI is InChI=1S/C17H28N2O5/c1-2-24-15(20)11-12-7-9-19(10-8-12)17(23)18-14-5-3-13(4-6-14)16(21)22/h12-14H,2-11H2,1H3,(H,18,23)(H,21,22). The first-order valence-electron chi connectivity index (χ1n) is 8.93. The van der Waals surface area contributed by atoms with Crippen LogP contribution < -0.4 is 5.32 Å². The molecule has 7 nitrogen and oxygen atoms in total. The van der Waals surface area contributed by atoms with Gasteiger partial charge in [0.1, 0.15) is 0 Å². The average molecular weight is 340 g/mol. The number of nitrogens with one attached hydrogen (secondary N) is 1. The van der Waals surface area contributed by atoms with Crippen LogP contribution in [0.3, 0.4) is 0 Å². The van der Waals surface area contributed by atoms with Gasteiger partial charge in [-0.15, -0.1) is 0 Å². The van der Waals surface area contributed by atoms with Crippen LogP contribution >= 0.6 is 0 Å². The molecule has 0 spiro atoms. The van der Waals surface area contributed by atoms with E-state index < -0.39 is 5.97 Å². The van der Waals surface area contributed by atoms with Gasteiger partial charge in [-0.1, -0.05) is 0 Å². The zero-order chi connectivity index (χ0) is 17.5. The van der Waals surface area contributed by atoms with Gasteiger partial charge in [0.2, 0.25) is 0 Å². The van der Waals surface area contributed by atoms with Crippen LogP contribution in [0.25, 0.3) is 0 Å². The Bertz CT molecular complexity index is 452. The number of hydrogen-bond acceptors (Lipinski definition) is 4. The van der Waals surface area contributed by atoms with E-state index in [9.17, 15) is 14.4 Å². The number of carboxylic acid groups (broad SMARTS) is 1. The Morgan fingerprint density at radius 2 is 1.71 bits per heavy atom. The molecular weight excluding hydrogens is 312 g/mol. The van der Waals surface area contributed by atoms with E-state index in [0.717, 1.165) is 25.7 Å². The minimum atomic E-state index is -0.733. The van der Waals surface area contributed by atoms with Gasteiger partial charge in [0, 0.05) is 25.6 Å². The number of amides is 2. The fraction of sp³-hybridized carbons (Fsp3) is 0.824. The van der Waals surface area contributed by atoms with Crippen LogP contribution in [0, 0.1) is 11.8 Å². The molecule has 2 N–H and O–H groups in total. The number of esters is 1. The molecule has 24 heavy (non-hydrogen) atoms. The highest BCUT2D eigenvalue weighted by atomic mass is 16.5. The van der Waals surface area contributed by atoms with E-state index >= 15 is 0 Å². The summed E-state index contributed by atoms with van der Waals surface area (Å²) in [5, 5.41) is 12.0. The number of aliphatic carboxylic acids is 1. The molecule has 2 amide bonds. The van der Waals surface area contributed by atoms with E-state index in [1.54, 1.807) is 11.8 Å². The number of carbonyl (C=O) groups excluding carboxylic acids is 2. The quantitative estimate of drug-likeness (QED) is 0.746. The van der Waals surface area contributed by atoms with Crippen molar-refractivity contribution in [3.8, 4) is 0 Å². The maximum atomic E-state index is 12.3. The molecule has 0 bridgehead atoms. The number of urea groups is 1. The van der Waals surface area contributed by atoms with Crippen molar-refractivity contribution in [1.82, 2.24) is 10.2 Å². The van der Waals surface area contributed by atoms with Crippen LogP contribution in [0.15, 0.2) is 0 Å². The zero-order valence-electron chi connectivity index (χ0n) is 14.3. The Labute approximate surface area is 142 Å². The Morgan fingerprint density at radius 3 is 2.25 bits per heavy atom. The number of carbonyl (C=O) groups is 3. The van der Waals surface area contributed by atoms with Gasteiger partial charge in [0.15, 0.2) is 0 Å². The van der Waals surface area contributed by atoms with E-state index in [1.165, 1.54) is 0 Å². The van der Waals surface area contributed by atoms with Crippen molar-refractivity contribution >= 4 is 18.0 Å². The van der Waals surface area contributed by atoms with Crippen LogP contribution in [0.4, 0.5) is 4.79 Å². The second kappa shape index (κ2) is 8.89. The van der Waals surface area contributed by atoms with Crippen molar-refractivity contribution in [3.63, 3.8) is 0 Å². The van der Waals surface area contributed by atoms with Crippen molar-refractivity contribution in [1.29, 1.82) is 0 Å². The van der Waals surface area contributed by atoms with Gasteiger partial charge in [-0.3, -0.25) is 9.59 Å². The van der Waals surface area contributed by atoms with Crippen LogP contribution in [-0.4, -0.2) is 53.7 Å². The summed E-state index contributed by atoms with van der Waals surface area (Å²) in [6.07, 6.45) is 4.77. The average Bonchev–Trinajstić information content (AvgIpc) is 2.56. The molecule has 0 radical (unpaired) electrons. The Hall–Kier alpha value is -1.79. The molecule has 0 aromatic rings. The van der Waals surface area contributed by atoms with Crippen LogP contribution in [-0.2, 0) is 14.3 Å². The molecule has 1 saturated heterocycles. The summed E-state index contributed by atoms with van der Waals surface area (Å²) in [5.74, 6) is -0.866. The van der Waals surface area contributed by atoms with Crippen molar-refractivity contribution in [2.24, 2.45) is 11.8 Å². The van der Waals surface area contributed by atoms with Gasteiger partial charge in [-0.05, 0) is 51.4 Å². The zero-order valence-corrected chi connectivity index (χ0v) is 14.3. The number of piperidine rings is 1. The molecule has 136 valence electrons. The van der Waals surface area contributed by atoms with Gasteiger partial charge in [0.25, 0.3) is 0 Å². The van der Waals surface area contributed by atoms with Crippen molar-refractivity contribution < 1.29 is 24.2 Å². The Morgan fingerprint density at radius 1 is 1.08 bits per heavy atom. The first-order chi connectivity index (χ1) is 11.5. The lowest BCUT2D eigenvalue weighted by atomic mass is 9.86. The molecule has 2 fully saturated rings. The Balaban J connectivity index is 1.68. The summed E-state index contributed by atoms with van der Waals surface area (Å²) in [4.78, 5) is 36.6. The highest BCUT2D eigenvalue weighted by Crippen LogP contribution is 2.25. The minimum Gasteiger partial charge on any atom is -0.481 e. The molecule has 1 saturated carbocycles. The molecule has 1 aliphatic heterocycles. The van der Waals surface area contributed by atoms with E-state index in [1.807, 2.05) is 0 Å². The van der Waals surface area contributed by atoms with Crippen LogP contribution in [0.5, 0.6) is 0 Å². The lowest BCUT2D eigenvalue weighted by Gasteiger charge is -2.34. The van der Waals surface area contributed by atoms with Crippen molar-refractivity contribution in [2.75, 3.05) is 19.7 Å². The summed E-state index contributed by atoms with van der Waals surface area (Å²) in [5.41, 5.74) is 0. The highest BCUT2D eigenvalue weighted by Gasteiger charge is 2.29. The third kappa shape index (κ3) is 5.39. The first-order valence-corrected chi connectivity index (χ1v) is 8.93. The topological polar surface area (TPSA) is 95.9 Å². The summed E-state index contributed by atoms with van der Waals surface area (Å²) < 4.78 is 4.97. The van der Waals surface area contributed by atoms with Crippen molar-refractivity contribution in [3.05, 3.63) is 0 Å². The van der Waals surface area contributed by atoms with E-state index in [-0.39, 0.29) is 24.0 Å². The van der Waals surface area contributed by atoms with Crippen LogP contribution in [0.1, 0.15) is 51.9 Å². The normalized spacial score (nSPS) is 25.1. The SMILES string of the molecule is CCOC(=O)CC1CCN(C(=O)NC2CCC(C(=O)O)CC2)CC1. The van der Waals surface area contributed by atoms with Crippen LogP contribution in [0.2, 0.25) is 0 Å². The number of nitrogens with zero attached hydrogens (tertiary/aromatic N) is 1. The van der Waals surface area contributed by atoms with E-state index in [2.05, 4.69) is 5.32 Å². The maximum absolute atomic E-state index is 12.3. The second-order valence-corrected chi connectivity index (χ2v) is 6.78. The molecule has 2 aliphatic rings. The largest absolute Gasteiger partial charge is 0.481 e. The van der Waals surface area contributed by atoms with Gasteiger partial charge in [0.05, 0.1) is 12.5 Å². The van der Waals surface area contributed by atoms with Gasteiger partial charge < -0.3 is 20.1 Å². The highest BCUT2D eigenvalue weighted by molar-refractivity contribution is 5.75. The van der Waals surface area contributed by atoms with Gasteiger partial charge >= 0.3 is 18.0 Å². The maximum Gasteiger partial charge on any atom is 0.317 e. The van der Waals surface area contributed by atoms with Crippen molar-refractivity contribution in [2.45, 2.75) is 57.9 Å². The molecule has 0 atom stereocenters. The third-order valence-corrected chi connectivity index (χ3v) is 5.07. The smallest absolute Gasteiger partial charge is 0.317 e. The predicted octanol–water partition coefficient (Wildman–Crippen LogP) is 2.00. The molecule has 0 aromatic heterocycles. The van der Waals surface area contributed by atoms with E-state index in [0.29, 0.717) is 44.9 Å². The number of rotatable bonds is 5. The Kier molecular flexibility index (Phi) is 6.87. The monoisotopic (exact) mass is 340 g/mol. The third-order valence-electron chi connectivity index (χ3n) is 5.07. The number of carboxylic acids is 1. The molecule has 1 aliphatic carbocycles. The summed E-state index contributed by atoms with van der Waals surface area (Å²) in [7, 11) is 0. The molecule has 1 heterocycles. The van der Waals surface area contributed by atoms with Gasteiger partial charge in [-0.25, -0.2) is 4.79 Å². The summed E-state index contributed by atoms with van der Waals surface area (Å²) in [6, 6.07) is 0.00807. The lowest BCUT2D eigenvalue weighted by molar-refractivity contribution is -0.144. The fourth-order valence-corrected chi connectivity index (χ4v) is 3.55. The summed E-state index contributed by atoms with van der Waals surface area (Å²) in [6.45, 7) is 3.51. The minimum absolute atomic E-state index is 0.0663. The number of likely N-dealkylation sites (tertiary alicyclic amines) is 1. The second-order valence-electron chi connectivity index (χ2n) is 6.78. The predicted molar refractivity (Wildman–Crippen MR) is 87.5 cm³/mol. The fourth-order valence-electron chi connectivity index (χ4n) is 3.55. The molecular formula is C17H28N2O5. The van der Waals surface area contributed by atoms with E-state index in [4.69, 9.17) is 9.84 Å². The molecule has 0 unspecified atom stereocenters. The lowest BCUT2D eigenvalue weighted by Crippen LogP contribution is -2.49. The number of ether oxygens (including phenoxy) is 1. The molecule has 7 heteroatoms. The molecule has 2 rings (SSSR count). The number of hydrogen-bond donors (Lipinski definition) is 2. The first kappa shape index (κ1) is 18.5. The van der Waals surface area contributed by atoms with Gasteiger partial charge in [-0.2, -0.15) is 0 Å². The summed E-state index contributed by atoms with van der Waals surface area (Å²) >= 11 is 0. The molecule has 0 aromatic carbocycles.